The monoisotopic (exact) mass is 355 g/mol. The Bertz CT molecular complexity index is 1460. The zero-order chi connectivity index (χ0) is 21.2. The number of pyridine rings is 1. The Balaban J connectivity index is 1.77. The molecule has 5 rings (SSSR count). The van der Waals surface area contributed by atoms with E-state index in [1.165, 1.54) is 0 Å². The van der Waals surface area contributed by atoms with Crippen LogP contribution < -0.4 is 4.57 Å². The molecule has 2 heteroatoms. The van der Waals surface area contributed by atoms with Gasteiger partial charge in [0.2, 0.25) is 5.69 Å². The topological polar surface area (TPSA) is 17.0 Å². The molecule has 0 aliphatic carbocycles. The Morgan fingerprint density at radius 3 is 2.56 bits per heavy atom. The van der Waals surface area contributed by atoms with Gasteiger partial charge in [-0.1, -0.05) is 30.3 Å². The van der Waals surface area contributed by atoms with Crippen molar-refractivity contribution in [3.8, 4) is 11.3 Å². The van der Waals surface area contributed by atoms with Crippen LogP contribution in [-0.2, 0) is 7.05 Å². The van der Waals surface area contributed by atoms with Gasteiger partial charge in [0.15, 0.2) is 6.20 Å². The number of aryl methyl sites for hydroxylation is 4. The number of benzene rings is 3. The average molecular weight is 355 g/mol. The number of fused-ring (bicyclic) bond motifs is 5. The lowest BCUT2D eigenvalue weighted by molar-refractivity contribution is -0.660. The molecule has 0 N–H and O–H groups in total. The molecule has 0 saturated carbocycles. The molecule has 0 amide bonds. The van der Waals surface area contributed by atoms with Gasteiger partial charge in [-0.3, -0.25) is 0 Å². The van der Waals surface area contributed by atoms with Crippen LogP contribution in [-0.4, -0.2) is 0 Å². The van der Waals surface area contributed by atoms with Gasteiger partial charge in [0.05, 0.1) is 5.56 Å². The molecule has 0 unspecified atom stereocenters. The highest BCUT2D eigenvalue weighted by atomic mass is 16.3. The molecule has 5 aromatic rings. The van der Waals surface area contributed by atoms with E-state index in [0.29, 0.717) is 5.56 Å². The van der Waals surface area contributed by atoms with Gasteiger partial charge in [0, 0.05) is 31.9 Å². The highest BCUT2D eigenvalue weighted by Gasteiger charge is 2.18. The molecule has 0 spiro atoms. The van der Waals surface area contributed by atoms with Gasteiger partial charge in [-0.2, -0.15) is 0 Å². The van der Waals surface area contributed by atoms with Gasteiger partial charge < -0.3 is 4.42 Å². The van der Waals surface area contributed by atoms with Crippen LogP contribution in [0.2, 0.25) is 0 Å². The van der Waals surface area contributed by atoms with Crippen LogP contribution in [0.4, 0.5) is 0 Å². The number of furan rings is 1. The van der Waals surface area contributed by atoms with Crippen molar-refractivity contribution in [1.82, 2.24) is 0 Å². The maximum atomic E-state index is 7.77. The van der Waals surface area contributed by atoms with E-state index in [0.717, 1.165) is 55.1 Å². The Morgan fingerprint density at radius 2 is 1.70 bits per heavy atom. The fourth-order valence-corrected chi connectivity index (χ4v) is 3.95. The lowest BCUT2D eigenvalue weighted by Crippen LogP contribution is -2.31. The minimum Gasteiger partial charge on any atom is -0.455 e. The standard InChI is InChI=1S/C25H22NO/c1-15-12-23(26(4)14-17(15)3)21-13-24-22(11-16(21)2)20-10-9-18-7-5-6-8-19(18)25(20)27-24/h5-14H,1-4H3/q+1/i3D3. The minimum atomic E-state index is -2.13. The maximum Gasteiger partial charge on any atom is 0.212 e. The van der Waals surface area contributed by atoms with E-state index in [4.69, 9.17) is 8.53 Å². The van der Waals surface area contributed by atoms with Gasteiger partial charge in [-0.25, -0.2) is 4.57 Å². The molecule has 0 radical (unpaired) electrons. The number of hydrogen-bond acceptors (Lipinski definition) is 1. The van der Waals surface area contributed by atoms with Gasteiger partial charge in [-0.15, -0.1) is 0 Å². The summed E-state index contributed by atoms with van der Waals surface area (Å²) in [5.74, 6) is 0. The van der Waals surface area contributed by atoms with Crippen LogP contribution >= 0.6 is 0 Å². The Morgan fingerprint density at radius 1 is 0.852 bits per heavy atom. The van der Waals surface area contributed by atoms with Crippen molar-refractivity contribution >= 4 is 32.7 Å². The van der Waals surface area contributed by atoms with Crippen LogP contribution in [0.1, 0.15) is 20.8 Å². The second-order valence-corrected chi connectivity index (χ2v) is 7.30. The first-order valence-corrected chi connectivity index (χ1v) is 9.10. The minimum absolute atomic E-state index is 0.377. The van der Waals surface area contributed by atoms with Gasteiger partial charge >= 0.3 is 0 Å². The zero-order valence-corrected chi connectivity index (χ0v) is 15.6. The summed E-state index contributed by atoms with van der Waals surface area (Å²) in [5, 5.41) is 4.46. The first-order chi connectivity index (χ1) is 14.2. The van der Waals surface area contributed by atoms with Gasteiger partial charge in [0.25, 0.3) is 0 Å². The fraction of sp³-hybridized carbons (Fsp3) is 0.160. The van der Waals surface area contributed by atoms with Crippen molar-refractivity contribution in [1.29, 1.82) is 0 Å². The van der Waals surface area contributed by atoms with Crippen LogP contribution in [0.3, 0.4) is 0 Å². The molecule has 132 valence electrons. The Labute approximate surface area is 162 Å². The van der Waals surface area contributed by atoms with Gasteiger partial charge in [-0.05, 0) is 55.4 Å². The van der Waals surface area contributed by atoms with Crippen molar-refractivity contribution in [3.63, 3.8) is 0 Å². The summed E-state index contributed by atoms with van der Waals surface area (Å²) >= 11 is 0. The van der Waals surface area contributed by atoms with Crippen LogP contribution in [0, 0.1) is 20.7 Å². The summed E-state index contributed by atoms with van der Waals surface area (Å²) in [7, 11) is 1.89. The summed E-state index contributed by atoms with van der Waals surface area (Å²) in [6, 6.07) is 18.7. The quantitative estimate of drug-likeness (QED) is 0.329. The van der Waals surface area contributed by atoms with Crippen LogP contribution in [0.25, 0.3) is 44.0 Å². The van der Waals surface area contributed by atoms with Crippen molar-refractivity contribution in [3.05, 3.63) is 77.5 Å². The fourth-order valence-electron chi connectivity index (χ4n) is 3.95. The highest BCUT2D eigenvalue weighted by molar-refractivity contribution is 6.15. The van der Waals surface area contributed by atoms with Crippen molar-refractivity contribution < 1.29 is 13.1 Å². The van der Waals surface area contributed by atoms with E-state index in [-0.39, 0.29) is 0 Å². The van der Waals surface area contributed by atoms with Gasteiger partial charge in [0.1, 0.15) is 18.2 Å². The van der Waals surface area contributed by atoms with E-state index in [2.05, 4.69) is 43.3 Å². The van der Waals surface area contributed by atoms with E-state index in [1.54, 1.807) is 6.20 Å². The maximum absolute atomic E-state index is 7.77. The predicted molar refractivity (Wildman–Crippen MR) is 112 cm³/mol. The summed E-state index contributed by atoms with van der Waals surface area (Å²) in [5.41, 5.74) is 5.99. The van der Waals surface area contributed by atoms with Crippen molar-refractivity contribution in [2.45, 2.75) is 20.7 Å². The molecule has 0 bridgehead atoms. The molecule has 0 saturated heterocycles. The summed E-state index contributed by atoms with van der Waals surface area (Å²) < 4.78 is 31.5. The number of rotatable bonds is 1. The van der Waals surface area contributed by atoms with Crippen molar-refractivity contribution in [2.24, 2.45) is 7.05 Å². The van der Waals surface area contributed by atoms with E-state index in [1.807, 2.05) is 36.7 Å². The number of hydrogen-bond donors (Lipinski definition) is 0. The molecule has 0 fully saturated rings. The highest BCUT2D eigenvalue weighted by Crippen LogP contribution is 2.37. The lowest BCUT2D eigenvalue weighted by Gasteiger charge is -2.07. The van der Waals surface area contributed by atoms with Crippen LogP contribution in [0.15, 0.2) is 65.2 Å². The molecule has 3 aromatic carbocycles. The molecule has 0 aliphatic rings. The van der Waals surface area contributed by atoms with E-state index < -0.39 is 6.85 Å². The second kappa shape index (κ2) is 5.68. The molecule has 2 heterocycles. The Hall–Kier alpha value is -3.13. The number of aromatic nitrogens is 1. The summed E-state index contributed by atoms with van der Waals surface area (Å²) in [4.78, 5) is 0. The third-order valence-corrected chi connectivity index (χ3v) is 5.47. The molecule has 2 nitrogen and oxygen atoms in total. The van der Waals surface area contributed by atoms with E-state index in [9.17, 15) is 0 Å². The molecule has 27 heavy (non-hydrogen) atoms. The Kier molecular flexibility index (Phi) is 2.76. The average Bonchev–Trinajstić information content (AvgIpc) is 3.06. The summed E-state index contributed by atoms with van der Waals surface area (Å²) in [6.45, 7) is 1.81. The predicted octanol–water partition coefficient (Wildman–Crippen LogP) is 6.16. The third kappa shape index (κ3) is 2.37. The molecular formula is C25H22NO+. The molecule has 2 aromatic heterocycles. The third-order valence-electron chi connectivity index (χ3n) is 5.47. The second-order valence-electron chi connectivity index (χ2n) is 7.30. The number of nitrogens with zero attached hydrogens (tertiary/aromatic N) is 1. The molecular weight excluding hydrogens is 330 g/mol. The van der Waals surface area contributed by atoms with Crippen molar-refractivity contribution in [2.75, 3.05) is 0 Å². The van der Waals surface area contributed by atoms with E-state index >= 15 is 0 Å². The molecule has 0 atom stereocenters. The SMILES string of the molecule is [2H]C([2H])([2H])c1c[n+](C)c(-c2cc3oc4c5ccccc5ccc4c3cc2C)cc1C. The lowest BCUT2D eigenvalue weighted by atomic mass is 9.99. The first-order valence-electron chi connectivity index (χ1n) is 10.6. The normalized spacial score (nSPS) is 13.8. The van der Waals surface area contributed by atoms with Crippen LogP contribution in [0.5, 0.6) is 0 Å². The largest absolute Gasteiger partial charge is 0.455 e. The summed E-state index contributed by atoms with van der Waals surface area (Å²) in [6.07, 6.45) is 1.72. The first kappa shape index (κ1) is 13.1. The molecule has 0 aliphatic heterocycles. The smallest absolute Gasteiger partial charge is 0.212 e. The zero-order valence-electron chi connectivity index (χ0n) is 18.6.